The van der Waals surface area contributed by atoms with E-state index in [0.29, 0.717) is 12.1 Å². The quantitative estimate of drug-likeness (QED) is 0.803. The van der Waals surface area contributed by atoms with Gasteiger partial charge in [-0.2, -0.15) is 13.2 Å². The monoisotopic (exact) mass is 318 g/mol. The third kappa shape index (κ3) is 3.16. The highest BCUT2D eigenvalue weighted by Gasteiger charge is 2.34. The maximum absolute atomic E-state index is 13.2. The lowest BCUT2D eigenvalue weighted by molar-refractivity contribution is -0.139. The van der Waals surface area contributed by atoms with Gasteiger partial charge in [-0.3, -0.25) is 0 Å². The standard InChI is InChI=1S/C14H7ClF4O2/c15-11-6-8(1-3-9(11)13(20)21)7-2-4-12(16)10(5-7)14(17,18)19/h1-6H,(H,20,21). The summed E-state index contributed by atoms with van der Waals surface area (Å²) in [6.07, 6.45) is -4.81. The van der Waals surface area contributed by atoms with Crippen LogP contribution in [-0.4, -0.2) is 11.1 Å². The molecule has 0 saturated heterocycles. The molecule has 0 bridgehead atoms. The fourth-order valence-electron chi connectivity index (χ4n) is 1.79. The summed E-state index contributed by atoms with van der Waals surface area (Å²) in [6, 6.07) is 6.23. The van der Waals surface area contributed by atoms with Crippen LogP contribution in [0.4, 0.5) is 17.6 Å². The highest BCUT2D eigenvalue weighted by atomic mass is 35.5. The fourth-order valence-corrected chi connectivity index (χ4v) is 2.05. The molecule has 0 spiro atoms. The van der Waals surface area contributed by atoms with Crippen LogP contribution in [0.1, 0.15) is 15.9 Å². The Bertz CT molecular complexity index is 711. The number of alkyl halides is 3. The molecule has 0 amide bonds. The lowest BCUT2D eigenvalue weighted by Gasteiger charge is -2.11. The second-order valence-corrected chi connectivity index (χ2v) is 4.60. The maximum atomic E-state index is 13.2. The van der Waals surface area contributed by atoms with Crippen molar-refractivity contribution in [3.05, 3.63) is 58.4 Å². The number of hydrogen-bond donors (Lipinski definition) is 1. The molecule has 2 aromatic rings. The van der Waals surface area contributed by atoms with Gasteiger partial charge in [0.25, 0.3) is 0 Å². The van der Waals surface area contributed by atoms with Gasteiger partial charge in [-0.15, -0.1) is 0 Å². The molecule has 0 aliphatic heterocycles. The van der Waals surface area contributed by atoms with Crippen molar-refractivity contribution in [2.75, 3.05) is 0 Å². The molecule has 0 unspecified atom stereocenters. The van der Waals surface area contributed by atoms with E-state index in [9.17, 15) is 22.4 Å². The van der Waals surface area contributed by atoms with Crippen molar-refractivity contribution in [2.24, 2.45) is 0 Å². The highest BCUT2D eigenvalue weighted by molar-refractivity contribution is 6.33. The Morgan fingerprint density at radius 3 is 2.14 bits per heavy atom. The molecule has 1 N–H and O–H groups in total. The van der Waals surface area contributed by atoms with Gasteiger partial charge in [-0.1, -0.05) is 23.7 Å². The van der Waals surface area contributed by atoms with Gasteiger partial charge >= 0.3 is 12.1 Å². The van der Waals surface area contributed by atoms with Gasteiger partial charge in [-0.05, 0) is 35.4 Å². The summed E-state index contributed by atoms with van der Waals surface area (Å²) in [5, 5.41) is 8.72. The molecule has 110 valence electrons. The van der Waals surface area contributed by atoms with Crippen molar-refractivity contribution in [2.45, 2.75) is 6.18 Å². The number of hydrogen-bond acceptors (Lipinski definition) is 1. The van der Waals surface area contributed by atoms with E-state index in [1.807, 2.05) is 0 Å². The number of carbonyl (C=O) groups is 1. The number of carboxylic acids is 1. The molecule has 0 radical (unpaired) electrons. The van der Waals surface area contributed by atoms with Crippen LogP contribution in [-0.2, 0) is 6.18 Å². The SMILES string of the molecule is O=C(O)c1ccc(-c2ccc(F)c(C(F)(F)F)c2)cc1Cl. The predicted molar refractivity (Wildman–Crippen MR) is 68.8 cm³/mol. The first-order valence-electron chi connectivity index (χ1n) is 5.60. The van der Waals surface area contributed by atoms with Crippen LogP contribution < -0.4 is 0 Å². The zero-order valence-electron chi connectivity index (χ0n) is 10.2. The van der Waals surface area contributed by atoms with Gasteiger partial charge in [0.1, 0.15) is 5.82 Å². The summed E-state index contributed by atoms with van der Waals surface area (Å²) in [7, 11) is 0. The van der Waals surface area contributed by atoms with E-state index in [0.717, 1.165) is 6.07 Å². The van der Waals surface area contributed by atoms with Gasteiger partial charge in [0.2, 0.25) is 0 Å². The van der Waals surface area contributed by atoms with E-state index >= 15 is 0 Å². The Kier molecular flexibility index (Phi) is 3.91. The minimum absolute atomic E-state index is 0.0857. The van der Waals surface area contributed by atoms with Crippen molar-refractivity contribution in [3.8, 4) is 11.1 Å². The lowest BCUT2D eigenvalue weighted by atomic mass is 10.0. The van der Waals surface area contributed by atoms with Crippen molar-refractivity contribution in [1.82, 2.24) is 0 Å². The molecule has 0 saturated carbocycles. The fraction of sp³-hybridized carbons (Fsp3) is 0.0714. The summed E-state index contributed by atoms with van der Waals surface area (Å²) < 4.78 is 51.2. The van der Waals surface area contributed by atoms with Crippen LogP contribution in [0.15, 0.2) is 36.4 Å². The van der Waals surface area contributed by atoms with Crippen LogP contribution in [0.3, 0.4) is 0 Å². The van der Waals surface area contributed by atoms with Crippen molar-refractivity contribution in [1.29, 1.82) is 0 Å². The van der Waals surface area contributed by atoms with Gasteiger partial charge in [0.15, 0.2) is 0 Å². The average Bonchev–Trinajstić information content (AvgIpc) is 2.37. The highest BCUT2D eigenvalue weighted by Crippen LogP contribution is 2.35. The molecular formula is C14H7ClF4O2. The van der Waals surface area contributed by atoms with E-state index in [1.54, 1.807) is 0 Å². The van der Waals surface area contributed by atoms with E-state index in [-0.39, 0.29) is 21.7 Å². The summed E-state index contributed by atoms with van der Waals surface area (Å²) in [6.45, 7) is 0. The van der Waals surface area contributed by atoms with Crippen molar-refractivity contribution >= 4 is 17.6 Å². The molecule has 2 rings (SSSR count). The average molecular weight is 319 g/mol. The number of carboxylic acid groups (broad SMARTS) is 1. The van der Waals surface area contributed by atoms with Crippen LogP contribution in [0, 0.1) is 5.82 Å². The summed E-state index contributed by atoms with van der Waals surface area (Å²) in [5.41, 5.74) is -1.21. The topological polar surface area (TPSA) is 37.3 Å². The molecular weight excluding hydrogens is 312 g/mol. The smallest absolute Gasteiger partial charge is 0.419 e. The Hall–Kier alpha value is -2.08. The van der Waals surface area contributed by atoms with Crippen molar-refractivity contribution < 1.29 is 27.5 Å². The third-order valence-electron chi connectivity index (χ3n) is 2.80. The van der Waals surface area contributed by atoms with Crippen LogP contribution in [0.25, 0.3) is 11.1 Å². The Morgan fingerprint density at radius 2 is 1.62 bits per heavy atom. The molecule has 7 heteroatoms. The molecule has 0 heterocycles. The second-order valence-electron chi connectivity index (χ2n) is 4.19. The molecule has 2 nitrogen and oxygen atoms in total. The van der Waals surface area contributed by atoms with Crippen molar-refractivity contribution in [3.63, 3.8) is 0 Å². The summed E-state index contributed by atoms with van der Waals surface area (Å²) >= 11 is 5.76. The normalized spacial score (nSPS) is 11.5. The second kappa shape index (κ2) is 5.37. The first kappa shape index (κ1) is 15.3. The molecule has 2 aromatic carbocycles. The van der Waals surface area contributed by atoms with Gasteiger partial charge < -0.3 is 5.11 Å². The molecule has 0 aromatic heterocycles. The molecule has 0 aliphatic rings. The van der Waals surface area contributed by atoms with Gasteiger partial charge in [-0.25, -0.2) is 9.18 Å². The third-order valence-corrected chi connectivity index (χ3v) is 3.12. The predicted octanol–water partition coefficient (Wildman–Crippen LogP) is 4.86. The molecule has 21 heavy (non-hydrogen) atoms. The minimum atomic E-state index is -4.81. The number of benzene rings is 2. The van der Waals surface area contributed by atoms with E-state index < -0.39 is 23.5 Å². The summed E-state index contributed by atoms with van der Waals surface area (Å²) in [5.74, 6) is -2.62. The molecule has 0 atom stereocenters. The number of rotatable bonds is 2. The van der Waals surface area contributed by atoms with Gasteiger partial charge in [0.05, 0.1) is 16.1 Å². The van der Waals surface area contributed by atoms with Crippen LogP contribution in [0.5, 0.6) is 0 Å². The molecule has 0 aliphatic carbocycles. The van der Waals surface area contributed by atoms with E-state index in [4.69, 9.17) is 16.7 Å². The van der Waals surface area contributed by atoms with Gasteiger partial charge in [0, 0.05) is 0 Å². The van der Waals surface area contributed by atoms with E-state index in [2.05, 4.69) is 0 Å². The Morgan fingerprint density at radius 1 is 1.05 bits per heavy atom. The lowest BCUT2D eigenvalue weighted by Crippen LogP contribution is -2.08. The van der Waals surface area contributed by atoms with E-state index in [1.165, 1.54) is 18.2 Å². The zero-order valence-corrected chi connectivity index (χ0v) is 11.0. The first-order chi connectivity index (χ1) is 9.70. The van der Waals surface area contributed by atoms with Crippen LogP contribution >= 0.6 is 11.6 Å². The Balaban J connectivity index is 2.53. The summed E-state index contributed by atoms with van der Waals surface area (Å²) in [4.78, 5) is 10.8. The minimum Gasteiger partial charge on any atom is -0.478 e. The Labute approximate surface area is 121 Å². The molecule has 0 fully saturated rings. The van der Waals surface area contributed by atoms with Crippen LogP contribution in [0.2, 0.25) is 5.02 Å². The number of aromatic carboxylic acids is 1. The first-order valence-corrected chi connectivity index (χ1v) is 5.98. The largest absolute Gasteiger partial charge is 0.478 e. The number of halogens is 5. The maximum Gasteiger partial charge on any atom is 0.419 e. The zero-order chi connectivity index (χ0) is 15.8.